The van der Waals surface area contributed by atoms with Crippen molar-refractivity contribution in [2.75, 3.05) is 0 Å². The summed E-state index contributed by atoms with van der Waals surface area (Å²) in [4.78, 5) is 12.2. The molecule has 1 amide bonds. The van der Waals surface area contributed by atoms with Crippen molar-refractivity contribution >= 4 is 5.91 Å². The van der Waals surface area contributed by atoms with Gasteiger partial charge in [-0.05, 0) is 43.7 Å². The Hall–Kier alpha value is -1.35. The zero-order chi connectivity index (χ0) is 12.6. The molecule has 2 N–H and O–H groups in total. The minimum Gasteiger partial charge on any atom is -0.350 e. The maximum atomic E-state index is 12.2. The standard InChI is InChI=1S/C15H20N2O/c1-15(7-4-8-15)17-14(18)13-9-11-5-2-3-6-12(11)10-16-13/h2-3,5-6,13,16H,4,7-10H2,1H3,(H,17,18). The van der Waals surface area contributed by atoms with Crippen molar-refractivity contribution in [3.05, 3.63) is 35.4 Å². The number of amides is 1. The Morgan fingerprint density at radius 2 is 2.06 bits per heavy atom. The van der Waals surface area contributed by atoms with Crippen LogP contribution in [0.3, 0.4) is 0 Å². The topological polar surface area (TPSA) is 41.1 Å². The summed E-state index contributed by atoms with van der Waals surface area (Å²) in [5.41, 5.74) is 2.67. The highest BCUT2D eigenvalue weighted by Crippen LogP contribution is 2.31. The summed E-state index contributed by atoms with van der Waals surface area (Å²) in [6, 6.07) is 8.28. The number of hydrogen-bond donors (Lipinski definition) is 2. The summed E-state index contributed by atoms with van der Waals surface area (Å²) in [5.74, 6) is 0.159. The smallest absolute Gasteiger partial charge is 0.237 e. The van der Waals surface area contributed by atoms with Crippen molar-refractivity contribution in [2.24, 2.45) is 0 Å². The first-order valence-electron chi connectivity index (χ1n) is 6.78. The van der Waals surface area contributed by atoms with E-state index >= 15 is 0 Å². The van der Waals surface area contributed by atoms with Gasteiger partial charge in [0.25, 0.3) is 0 Å². The molecule has 0 saturated heterocycles. The molecule has 1 aromatic carbocycles. The van der Waals surface area contributed by atoms with Crippen LogP contribution in [0.1, 0.15) is 37.3 Å². The SMILES string of the molecule is CC1(NC(=O)C2Cc3ccccc3CN2)CCC1. The van der Waals surface area contributed by atoms with E-state index in [0.717, 1.165) is 25.8 Å². The number of hydrogen-bond acceptors (Lipinski definition) is 2. The predicted octanol–water partition coefficient (Wildman–Crippen LogP) is 1.76. The number of fused-ring (bicyclic) bond motifs is 1. The molecule has 3 heteroatoms. The molecule has 1 fully saturated rings. The second-order valence-corrected chi connectivity index (χ2v) is 5.81. The predicted molar refractivity (Wildman–Crippen MR) is 71.2 cm³/mol. The van der Waals surface area contributed by atoms with Gasteiger partial charge in [-0.15, -0.1) is 0 Å². The molecule has 1 aliphatic heterocycles. The third-order valence-electron chi connectivity index (χ3n) is 4.28. The van der Waals surface area contributed by atoms with Gasteiger partial charge in [-0.1, -0.05) is 24.3 Å². The monoisotopic (exact) mass is 244 g/mol. The van der Waals surface area contributed by atoms with Crippen LogP contribution in [0, 0.1) is 0 Å². The van der Waals surface area contributed by atoms with Crippen LogP contribution >= 0.6 is 0 Å². The van der Waals surface area contributed by atoms with Gasteiger partial charge >= 0.3 is 0 Å². The average Bonchev–Trinajstić information content (AvgIpc) is 2.36. The Labute approximate surface area is 108 Å². The maximum Gasteiger partial charge on any atom is 0.237 e. The third-order valence-corrected chi connectivity index (χ3v) is 4.28. The second-order valence-electron chi connectivity index (χ2n) is 5.81. The average molecular weight is 244 g/mol. The molecule has 3 nitrogen and oxygen atoms in total. The van der Waals surface area contributed by atoms with E-state index in [4.69, 9.17) is 0 Å². The van der Waals surface area contributed by atoms with E-state index in [0.29, 0.717) is 0 Å². The van der Waals surface area contributed by atoms with E-state index < -0.39 is 0 Å². The van der Waals surface area contributed by atoms with Crippen LogP contribution in [-0.2, 0) is 17.8 Å². The fourth-order valence-electron chi connectivity index (χ4n) is 2.86. The minimum absolute atomic E-state index is 0.0513. The Kier molecular flexibility index (Phi) is 2.86. The summed E-state index contributed by atoms with van der Waals surface area (Å²) in [6.45, 7) is 2.94. The number of nitrogens with one attached hydrogen (secondary N) is 2. The summed E-state index contributed by atoms with van der Waals surface area (Å²) in [5, 5.41) is 6.53. The molecule has 1 heterocycles. The highest BCUT2D eigenvalue weighted by molar-refractivity contribution is 5.83. The normalized spacial score (nSPS) is 24.8. The molecule has 3 rings (SSSR count). The van der Waals surface area contributed by atoms with E-state index in [9.17, 15) is 4.79 Å². The summed E-state index contributed by atoms with van der Waals surface area (Å²) in [6.07, 6.45) is 4.26. The number of carbonyl (C=O) groups is 1. The highest BCUT2D eigenvalue weighted by atomic mass is 16.2. The lowest BCUT2D eigenvalue weighted by Crippen LogP contribution is -2.57. The molecule has 0 bridgehead atoms. The van der Waals surface area contributed by atoms with Crippen LogP contribution in [-0.4, -0.2) is 17.5 Å². The first kappa shape index (κ1) is 11.7. The summed E-state index contributed by atoms with van der Waals surface area (Å²) in [7, 11) is 0. The molecule has 1 aromatic rings. The van der Waals surface area contributed by atoms with Crippen LogP contribution < -0.4 is 10.6 Å². The van der Waals surface area contributed by atoms with E-state index in [-0.39, 0.29) is 17.5 Å². The zero-order valence-corrected chi connectivity index (χ0v) is 10.8. The quantitative estimate of drug-likeness (QED) is 0.832. The van der Waals surface area contributed by atoms with Crippen LogP contribution in [0.15, 0.2) is 24.3 Å². The van der Waals surface area contributed by atoms with E-state index in [1.165, 1.54) is 17.5 Å². The van der Waals surface area contributed by atoms with Gasteiger partial charge in [-0.2, -0.15) is 0 Å². The Balaban J connectivity index is 1.66. The van der Waals surface area contributed by atoms with Gasteiger partial charge < -0.3 is 10.6 Å². The van der Waals surface area contributed by atoms with Crippen LogP contribution in [0.25, 0.3) is 0 Å². The van der Waals surface area contributed by atoms with Crippen molar-refractivity contribution in [3.8, 4) is 0 Å². The first-order valence-corrected chi connectivity index (χ1v) is 6.78. The highest BCUT2D eigenvalue weighted by Gasteiger charge is 2.35. The van der Waals surface area contributed by atoms with Crippen LogP contribution in [0.4, 0.5) is 0 Å². The second kappa shape index (κ2) is 4.39. The van der Waals surface area contributed by atoms with Crippen molar-refractivity contribution in [1.29, 1.82) is 0 Å². The lowest BCUT2D eigenvalue weighted by atomic mass is 9.78. The fourth-order valence-corrected chi connectivity index (χ4v) is 2.86. The van der Waals surface area contributed by atoms with Gasteiger partial charge in [-0.25, -0.2) is 0 Å². The van der Waals surface area contributed by atoms with E-state index in [2.05, 4.69) is 35.8 Å². The van der Waals surface area contributed by atoms with Gasteiger partial charge in [0.15, 0.2) is 0 Å². The molecule has 1 saturated carbocycles. The lowest BCUT2D eigenvalue weighted by Gasteiger charge is -2.40. The third kappa shape index (κ3) is 2.15. The first-order chi connectivity index (χ1) is 8.66. The Morgan fingerprint density at radius 1 is 1.33 bits per heavy atom. The van der Waals surface area contributed by atoms with Gasteiger partial charge in [0, 0.05) is 12.1 Å². The molecule has 0 spiro atoms. The van der Waals surface area contributed by atoms with Crippen molar-refractivity contribution < 1.29 is 4.79 Å². The Morgan fingerprint density at radius 3 is 2.72 bits per heavy atom. The summed E-state index contributed by atoms with van der Waals surface area (Å²) < 4.78 is 0. The lowest BCUT2D eigenvalue weighted by molar-refractivity contribution is -0.126. The summed E-state index contributed by atoms with van der Waals surface area (Å²) >= 11 is 0. The van der Waals surface area contributed by atoms with E-state index in [1.807, 2.05) is 6.07 Å². The molecular formula is C15H20N2O. The molecular weight excluding hydrogens is 224 g/mol. The van der Waals surface area contributed by atoms with Gasteiger partial charge in [0.1, 0.15) is 0 Å². The molecule has 0 aromatic heterocycles. The van der Waals surface area contributed by atoms with Crippen molar-refractivity contribution in [1.82, 2.24) is 10.6 Å². The largest absolute Gasteiger partial charge is 0.350 e. The van der Waals surface area contributed by atoms with Crippen LogP contribution in [0.2, 0.25) is 0 Å². The van der Waals surface area contributed by atoms with Gasteiger partial charge in [0.2, 0.25) is 5.91 Å². The number of rotatable bonds is 2. The molecule has 1 unspecified atom stereocenters. The van der Waals surface area contributed by atoms with Crippen molar-refractivity contribution in [3.63, 3.8) is 0 Å². The number of carbonyl (C=O) groups excluding carboxylic acids is 1. The van der Waals surface area contributed by atoms with E-state index in [1.54, 1.807) is 0 Å². The molecule has 1 atom stereocenters. The molecule has 18 heavy (non-hydrogen) atoms. The van der Waals surface area contributed by atoms with Crippen LogP contribution in [0.5, 0.6) is 0 Å². The Bertz CT molecular complexity index is 465. The zero-order valence-electron chi connectivity index (χ0n) is 10.8. The molecule has 0 radical (unpaired) electrons. The molecule has 2 aliphatic rings. The minimum atomic E-state index is -0.0719. The van der Waals surface area contributed by atoms with Crippen molar-refractivity contribution in [2.45, 2.75) is 50.7 Å². The van der Waals surface area contributed by atoms with Gasteiger partial charge in [-0.3, -0.25) is 4.79 Å². The maximum absolute atomic E-state index is 12.2. The fraction of sp³-hybridized carbons (Fsp3) is 0.533. The molecule has 1 aliphatic carbocycles. The number of benzene rings is 1. The van der Waals surface area contributed by atoms with Gasteiger partial charge in [0.05, 0.1) is 6.04 Å². The molecule has 96 valence electrons.